The molecule has 5 nitrogen and oxygen atoms in total. The summed E-state index contributed by atoms with van der Waals surface area (Å²) >= 11 is 1.76. The van der Waals surface area contributed by atoms with Gasteiger partial charge in [-0.2, -0.15) is 0 Å². The standard InChI is InChI=1S/C14H18N4OS/c1-10(2)20-13-6-4-3-5-12(13)18-9-11(7-14(18)19)8-16-17-15/h3-6,10-11H,7-9H2,1-2H3. The molecule has 0 bridgehead atoms. The quantitative estimate of drug-likeness (QED) is 0.358. The Kier molecular flexibility index (Phi) is 4.93. The predicted molar refractivity (Wildman–Crippen MR) is 81.9 cm³/mol. The van der Waals surface area contributed by atoms with Crippen LogP contribution < -0.4 is 4.90 Å². The fourth-order valence-corrected chi connectivity index (χ4v) is 3.29. The number of hydrogen-bond acceptors (Lipinski definition) is 3. The molecule has 1 atom stereocenters. The van der Waals surface area contributed by atoms with Crippen LogP contribution in [0.5, 0.6) is 0 Å². The molecule has 1 heterocycles. The molecule has 1 aliphatic rings. The van der Waals surface area contributed by atoms with Crippen molar-refractivity contribution in [3.05, 3.63) is 34.7 Å². The van der Waals surface area contributed by atoms with Crippen LogP contribution in [0.2, 0.25) is 0 Å². The van der Waals surface area contributed by atoms with E-state index in [0.717, 1.165) is 10.6 Å². The molecule has 0 aliphatic carbocycles. The molecule has 1 amide bonds. The van der Waals surface area contributed by atoms with E-state index in [4.69, 9.17) is 5.53 Å². The molecule has 1 aliphatic heterocycles. The minimum atomic E-state index is 0.111. The van der Waals surface area contributed by atoms with Gasteiger partial charge in [0, 0.05) is 34.6 Å². The van der Waals surface area contributed by atoms with Crippen molar-refractivity contribution in [1.82, 2.24) is 0 Å². The molecule has 0 spiro atoms. The Bertz CT molecular complexity index is 540. The molecule has 1 aromatic rings. The number of azide groups is 1. The molecular weight excluding hydrogens is 272 g/mol. The number of thioether (sulfide) groups is 1. The second-order valence-corrected chi connectivity index (χ2v) is 6.74. The second-order valence-electron chi connectivity index (χ2n) is 5.12. The SMILES string of the molecule is CC(C)Sc1ccccc1N1CC(CN=[N+]=[N-])CC1=O. The molecule has 1 saturated heterocycles. The highest BCUT2D eigenvalue weighted by molar-refractivity contribution is 8.00. The third kappa shape index (κ3) is 3.46. The molecule has 20 heavy (non-hydrogen) atoms. The first kappa shape index (κ1) is 14.8. The van der Waals surface area contributed by atoms with Crippen LogP contribution in [0, 0.1) is 5.92 Å². The molecule has 6 heteroatoms. The molecule has 0 aromatic heterocycles. The Morgan fingerprint density at radius 1 is 1.50 bits per heavy atom. The summed E-state index contributed by atoms with van der Waals surface area (Å²) in [4.78, 5) is 17.9. The van der Waals surface area contributed by atoms with Gasteiger partial charge in [0.2, 0.25) is 5.91 Å². The summed E-state index contributed by atoms with van der Waals surface area (Å²) in [6.45, 7) is 5.29. The van der Waals surface area contributed by atoms with E-state index in [1.165, 1.54) is 0 Å². The monoisotopic (exact) mass is 290 g/mol. The van der Waals surface area contributed by atoms with E-state index in [1.54, 1.807) is 11.8 Å². The molecule has 0 radical (unpaired) electrons. The van der Waals surface area contributed by atoms with Gasteiger partial charge in [0.1, 0.15) is 0 Å². The average molecular weight is 290 g/mol. The van der Waals surface area contributed by atoms with Crippen molar-refractivity contribution in [3.63, 3.8) is 0 Å². The highest BCUT2D eigenvalue weighted by Crippen LogP contribution is 2.35. The van der Waals surface area contributed by atoms with E-state index in [1.807, 2.05) is 29.2 Å². The summed E-state index contributed by atoms with van der Waals surface area (Å²) in [5.74, 6) is 0.232. The maximum absolute atomic E-state index is 12.2. The van der Waals surface area contributed by atoms with E-state index in [-0.39, 0.29) is 11.8 Å². The van der Waals surface area contributed by atoms with Gasteiger partial charge >= 0.3 is 0 Å². The fraction of sp³-hybridized carbons (Fsp3) is 0.500. The number of para-hydroxylation sites is 1. The zero-order valence-corrected chi connectivity index (χ0v) is 12.5. The van der Waals surface area contributed by atoms with Gasteiger partial charge in [-0.3, -0.25) is 4.79 Å². The molecule has 0 saturated carbocycles. The Hall–Kier alpha value is -1.65. The smallest absolute Gasteiger partial charge is 0.227 e. The lowest BCUT2D eigenvalue weighted by Gasteiger charge is -2.20. The van der Waals surface area contributed by atoms with Crippen LogP contribution in [-0.2, 0) is 4.79 Å². The van der Waals surface area contributed by atoms with Gasteiger partial charge in [0.15, 0.2) is 0 Å². The van der Waals surface area contributed by atoms with Crippen molar-refractivity contribution in [3.8, 4) is 0 Å². The molecule has 1 aromatic carbocycles. The molecule has 2 rings (SSSR count). The van der Waals surface area contributed by atoms with Crippen molar-refractivity contribution < 1.29 is 4.79 Å². The Labute approximate surface area is 123 Å². The van der Waals surface area contributed by atoms with Crippen molar-refractivity contribution in [2.75, 3.05) is 18.0 Å². The lowest BCUT2D eigenvalue weighted by molar-refractivity contribution is -0.117. The van der Waals surface area contributed by atoms with E-state index in [2.05, 4.69) is 23.9 Å². The normalized spacial score (nSPS) is 18.4. The van der Waals surface area contributed by atoms with Gasteiger partial charge in [-0.15, -0.1) is 11.8 Å². The van der Waals surface area contributed by atoms with Crippen LogP contribution in [0.4, 0.5) is 5.69 Å². The van der Waals surface area contributed by atoms with E-state index in [9.17, 15) is 4.79 Å². The summed E-state index contributed by atoms with van der Waals surface area (Å²) in [7, 11) is 0. The first-order valence-corrected chi connectivity index (χ1v) is 7.56. The lowest BCUT2D eigenvalue weighted by Crippen LogP contribution is -2.25. The first-order valence-electron chi connectivity index (χ1n) is 6.68. The van der Waals surface area contributed by atoms with E-state index < -0.39 is 0 Å². The zero-order chi connectivity index (χ0) is 14.5. The molecule has 1 fully saturated rings. The van der Waals surface area contributed by atoms with Gasteiger partial charge in [-0.05, 0) is 23.6 Å². The Balaban J connectivity index is 2.19. The average Bonchev–Trinajstić information content (AvgIpc) is 2.77. The number of anilines is 1. The predicted octanol–water partition coefficient (Wildman–Crippen LogP) is 3.85. The fourth-order valence-electron chi connectivity index (χ4n) is 2.32. The van der Waals surface area contributed by atoms with Gasteiger partial charge in [0.05, 0.1) is 5.69 Å². The number of carbonyl (C=O) groups excluding carboxylic acids is 1. The van der Waals surface area contributed by atoms with E-state index in [0.29, 0.717) is 24.8 Å². The van der Waals surface area contributed by atoms with E-state index >= 15 is 0 Å². The van der Waals surface area contributed by atoms with Gasteiger partial charge in [-0.1, -0.05) is 31.1 Å². The Morgan fingerprint density at radius 2 is 2.25 bits per heavy atom. The van der Waals surface area contributed by atoms with Crippen LogP contribution >= 0.6 is 11.8 Å². The van der Waals surface area contributed by atoms with Crippen LogP contribution in [0.3, 0.4) is 0 Å². The van der Waals surface area contributed by atoms with Gasteiger partial charge < -0.3 is 4.90 Å². The number of benzene rings is 1. The third-order valence-electron chi connectivity index (χ3n) is 3.13. The summed E-state index contributed by atoms with van der Waals surface area (Å²) in [6.07, 6.45) is 0.458. The minimum Gasteiger partial charge on any atom is -0.311 e. The third-order valence-corrected chi connectivity index (χ3v) is 4.20. The molecular formula is C14H18N4OS. The Morgan fingerprint density at radius 3 is 2.95 bits per heavy atom. The number of amides is 1. The van der Waals surface area contributed by atoms with Crippen LogP contribution in [0.15, 0.2) is 34.3 Å². The second kappa shape index (κ2) is 6.68. The van der Waals surface area contributed by atoms with Crippen LogP contribution in [-0.4, -0.2) is 24.2 Å². The van der Waals surface area contributed by atoms with Crippen molar-refractivity contribution >= 4 is 23.4 Å². The topological polar surface area (TPSA) is 69.1 Å². The summed E-state index contributed by atoms with van der Waals surface area (Å²) in [5.41, 5.74) is 9.35. The first-order chi connectivity index (χ1) is 9.61. The summed E-state index contributed by atoms with van der Waals surface area (Å²) < 4.78 is 0. The van der Waals surface area contributed by atoms with Crippen molar-refractivity contribution in [1.29, 1.82) is 0 Å². The number of hydrogen-bond donors (Lipinski definition) is 0. The number of carbonyl (C=O) groups is 1. The number of rotatable bonds is 5. The van der Waals surface area contributed by atoms with Crippen molar-refractivity contribution in [2.45, 2.75) is 30.4 Å². The highest BCUT2D eigenvalue weighted by atomic mass is 32.2. The molecule has 1 unspecified atom stereocenters. The van der Waals surface area contributed by atoms with Crippen LogP contribution in [0.25, 0.3) is 10.4 Å². The molecule has 0 N–H and O–H groups in total. The van der Waals surface area contributed by atoms with Crippen molar-refractivity contribution in [2.24, 2.45) is 11.0 Å². The van der Waals surface area contributed by atoms with Crippen LogP contribution in [0.1, 0.15) is 20.3 Å². The number of nitrogens with zero attached hydrogens (tertiary/aromatic N) is 4. The maximum atomic E-state index is 12.2. The lowest BCUT2D eigenvalue weighted by atomic mass is 10.1. The maximum Gasteiger partial charge on any atom is 0.227 e. The summed E-state index contributed by atoms with van der Waals surface area (Å²) in [5, 5.41) is 4.05. The molecule has 106 valence electrons. The van der Waals surface area contributed by atoms with Gasteiger partial charge in [0.25, 0.3) is 0 Å². The minimum absolute atomic E-state index is 0.111. The summed E-state index contributed by atoms with van der Waals surface area (Å²) in [6, 6.07) is 7.98. The zero-order valence-electron chi connectivity index (χ0n) is 11.7. The largest absolute Gasteiger partial charge is 0.311 e. The highest BCUT2D eigenvalue weighted by Gasteiger charge is 2.31. The van der Waals surface area contributed by atoms with Gasteiger partial charge in [-0.25, -0.2) is 0 Å².